The standard InChI is InChI=1S/C15H16N4O3S/c16-15(17)19-10-3-1-2-9(8-10)11-4-5-12(23-11)14(22)18-7-6-13(20)21/h1-5,8H,6-7H2,(H,18,22)(H,20,21)(H4,16,17,19). The molecule has 1 heterocycles. The molecule has 6 N–H and O–H groups in total. The summed E-state index contributed by atoms with van der Waals surface area (Å²) in [5, 5.41) is 11.1. The van der Waals surface area contributed by atoms with Crippen molar-refractivity contribution in [3.05, 3.63) is 41.3 Å². The lowest BCUT2D eigenvalue weighted by molar-refractivity contribution is -0.136. The van der Waals surface area contributed by atoms with Crippen LogP contribution in [-0.4, -0.2) is 29.5 Å². The fourth-order valence-electron chi connectivity index (χ4n) is 1.86. The van der Waals surface area contributed by atoms with E-state index in [1.807, 2.05) is 24.3 Å². The molecule has 0 saturated heterocycles. The van der Waals surface area contributed by atoms with Gasteiger partial charge >= 0.3 is 5.97 Å². The molecule has 0 aliphatic heterocycles. The number of rotatable bonds is 6. The third kappa shape index (κ3) is 4.82. The van der Waals surface area contributed by atoms with Crippen molar-refractivity contribution in [2.45, 2.75) is 6.42 Å². The highest BCUT2D eigenvalue weighted by molar-refractivity contribution is 7.17. The van der Waals surface area contributed by atoms with E-state index in [9.17, 15) is 9.59 Å². The highest BCUT2D eigenvalue weighted by Gasteiger charge is 2.10. The Balaban J connectivity index is 2.11. The van der Waals surface area contributed by atoms with E-state index in [-0.39, 0.29) is 24.8 Å². The van der Waals surface area contributed by atoms with E-state index in [2.05, 4.69) is 10.3 Å². The maximum Gasteiger partial charge on any atom is 0.305 e. The predicted octanol–water partition coefficient (Wildman–Crippen LogP) is 1.52. The fourth-order valence-corrected chi connectivity index (χ4v) is 2.78. The van der Waals surface area contributed by atoms with Crippen molar-refractivity contribution in [2.75, 3.05) is 6.54 Å². The Bertz CT molecular complexity index is 751. The van der Waals surface area contributed by atoms with Gasteiger partial charge in [-0.2, -0.15) is 0 Å². The quantitative estimate of drug-likeness (QED) is 0.470. The second-order valence-electron chi connectivity index (χ2n) is 4.65. The van der Waals surface area contributed by atoms with Crippen LogP contribution in [0.2, 0.25) is 0 Å². The van der Waals surface area contributed by atoms with Crippen LogP contribution in [-0.2, 0) is 4.79 Å². The zero-order valence-corrected chi connectivity index (χ0v) is 13.0. The van der Waals surface area contributed by atoms with Gasteiger partial charge in [0.05, 0.1) is 17.0 Å². The van der Waals surface area contributed by atoms with E-state index in [1.54, 1.807) is 12.1 Å². The van der Waals surface area contributed by atoms with Crippen molar-refractivity contribution in [3.63, 3.8) is 0 Å². The molecule has 0 atom stereocenters. The number of carbonyl (C=O) groups is 2. The number of hydrogen-bond acceptors (Lipinski definition) is 4. The average Bonchev–Trinajstić information content (AvgIpc) is 2.96. The molecule has 0 spiro atoms. The van der Waals surface area contributed by atoms with Crippen LogP contribution in [0.3, 0.4) is 0 Å². The summed E-state index contributed by atoms with van der Waals surface area (Å²) in [6.07, 6.45) is -0.107. The number of carboxylic acid groups (broad SMARTS) is 1. The Morgan fingerprint density at radius 3 is 2.70 bits per heavy atom. The van der Waals surface area contributed by atoms with E-state index >= 15 is 0 Å². The molecule has 1 aromatic heterocycles. The predicted molar refractivity (Wildman–Crippen MR) is 89.8 cm³/mol. The molecule has 0 bridgehead atoms. The monoisotopic (exact) mass is 332 g/mol. The van der Waals surface area contributed by atoms with Crippen LogP contribution in [0, 0.1) is 0 Å². The van der Waals surface area contributed by atoms with Crippen molar-refractivity contribution >= 4 is 34.9 Å². The van der Waals surface area contributed by atoms with Crippen LogP contribution in [0.4, 0.5) is 5.69 Å². The van der Waals surface area contributed by atoms with Gasteiger partial charge in [0.2, 0.25) is 0 Å². The topological polar surface area (TPSA) is 131 Å². The largest absolute Gasteiger partial charge is 0.481 e. The SMILES string of the molecule is NC(N)=Nc1cccc(-c2ccc(C(=O)NCCC(=O)O)s2)c1. The lowest BCUT2D eigenvalue weighted by Crippen LogP contribution is -2.25. The third-order valence-electron chi connectivity index (χ3n) is 2.84. The molecule has 8 heteroatoms. The molecule has 0 saturated carbocycles. The molecule has 1 aromatic carbocycles. The van der Waals surface area contributed by atoms with Gasteiger partial charge in [0.25, 0.3) is 5.91 Å². The number of carbonyl (C=O) groups excluding carboxylic acids is 1. The average molecular weight is 332 g/mol. The first-order valence-electron chi connectivity index (χ1n) is 6.75. The molecule has 1 amide bonds. The Morgan fingerprint density at radius 1 is 1.22 bits per heavy atom. The van der Waals surface area contributed by atoms with Crippen LogP contribution in [0.1, 0.15) is 16.1 Å². The molecule has 0 aliphatic carbocycles. The second kappa shape index (κ2) is 7.41. The van der Waals surface area contributed by atoms with Gasteiger partial charge in [0.1, 0.15) is 0 Å². The number of aliphatic carboxylic acids is 1. The lowest BCUT2D eigenvalue weighted by Gasteiger charge is -2.01. The molecule has 0 unspecified atom stereocenters. The van der Waals surface area contributed by atoms with E-state index < -0.39 is 5.97 Å². The van der Waals surface area contributed by atoms with Gasteiger partial charge in [-0.05, 0) is 29.8 Å². The first-order valence-corrected chi connectivity index (χ1v) is 7.57. The van der Waals surface area contributed by atoms with Gasteiger partial charge < -0.3 is 21.9 Å². The van der Waals surface area contributed by atoms with Crippen molar-refractivity contribution in [3.8, 4) is 10.4 Å². The fraction of sp³-hybridized carbons (Fsp3) is 0.133. The summed E-state index contributed by atoms with van der Waals surface area (Å²) in [6, 6.07) is 10.8. The van der Waals surface area contributed by atoms with Crippen LogP contribution in [0.25, 0.3) is 10.4 Å². The minimum absolute atomic E-state index is 0.0215. The Labute approximate surface area is 136 Å². The minimum atomic E-state index is -0.950. The van der Waals surface area contributed by atoms with Crippen LogP contribution in [0.15, 0.2) is 41.4 Å². The molecule has 0 fully saturated rings. The molecule has 0 radical (unpaired) electrons. The minimum Gasteiger partial charge on any atom is -0.481 e. The van der Waals surface area contributed by atoms with E-state index in [1.165, 1.54) is 11.3 Å². The number of nitrogens with two attached hydrogens (primary N) is 2. The van der Waals surface area contributed by atoms with Gasteiger partial charge in [-0.25, -0.2) is 4.99 Å². The van der Waals surface area contributed by atoms with Gasteiger partial charge in [-0.3, -0.25) is 9.59 Å². The number of nitrogens with one attached hydrogen (secondary N) is 1. The van der Waals surface area contributed by atoms with E-state index in [0.717, 1.165) is 10.4 Å². The van der Waals surface area contributed by atoms with Crippen molar-refractivity contribution in [1.82, 2.24) is 5.32 Å². The molecule has 120 valence electrons. The molecule has 23 heavy (non-hydrogen) atoms. The number of amides is 1. The Hall–Kier alpha value is -2.87. The lowest BCUT2D eigenvalue weighted by atomic mass is 10.1. The first-order chi connectivity index (χ1) is 11.0. The summed E-state index contributed by atoms with van der Waals surface area (Å²) >= 11 is 1.31. The summed E-state index contributed by atoms with van der Waals surface area (Å²) < 4.78 is 0. The van der Waals surface area contributed by atoms with Gasteiger partial charge in [0, 0.05) is 11.4 Å². The molecule has 0 aliphatic rings. The number of benzene rings is 1. The zero-order valence-electron chi connectivity index (χ0n) is 12.2. The highest BCUT2D eigenvalue weighted by atomic mass is 32.1. The zero-order chi connectivity index (χ0) is 16.8. The highest BCUT2D eigenvalue weighted by Crippen LogP contribution is 2.30. The summed E-state index contributed by atoms with van der Waals surface area (Å²) in [7, 11) is 0. The summed E-state index contributed by atoms with van der Waals surface area (Å²) in [5.74, 6) is -1.26. The summed E-state index contributed by atoms with van der Waals surface area (Å²) in [4.78, 5) is 27.8. The molecule has 2 aromatic rings. The van der Waals surface area contributed by atoms with E-state index in [4.69, 9.17) is 16.6 Å². The number of hydrogen-bond donors (Lipinski definition) is 4. The smallest absolute Gasteiger partial charge is 0.305 e. The summed E-state index contributed by atoms with van der Waals surface area (Å²) in [6.45, 7) is 0.0986. The second-order valence-corrected chi connectivity index (χ2v) is 5.73. The van der Waals surface area contributed by atoms with E-state index in [0.29, 0.717) is 10.6 Å². The number of carboxylic acids is 1. The van der Waals surface area contributed by atoms with Crippen LogP contribution >= 0.6 is 11.3 Å². The Kier molecular flexibility index (Phi) is 5.32. The maximum atomic E-state index is 11.9. The normalized spacial score (nSPS) is 10.1. The molecular weight excluding hydrogens is 316 g/mol. The van der Waals surface area contributed by atoms with Crippen molar-refractivity contribution < 1.29 is 14.7 Å². The van der Waals surface area contributed by atoms with Crippen LogP contribution < -0.4 is 16.8 Å². The number of thiophene rings is 1. The summed E-state index contributed by atoms with van der Waals surface area (Å²) in [5.41, 5.74) is 12.2. The molecule has 2 rings (SSSR count). The number of aliphatic imine (C=N–C) groups is 1. The van der Waals surface area contributed by atoms with Gasteiger partial charge in [0.15, 0.2) is 5.96 Å². The third-order valence-corrected chi connectivity index (χ3v) is 3.98. The molecular formula is C15H16N4O3S. The van der Waals surface area contributed by atoms with Crippen LogP contribution in [0.5, 0.6) is 0 Å². The van der Waals surface area contributed by atoms with Crippen molar-refractivity contribution in [1.29, 1.82) is 0 Å². The number of guanidine groups is 1. The maximum absolute atomic E-state index is 11.9. The molecule has 7 nitrogen and oxygen atoms in total. The Morgan fingerprint density at radius 2 is 2.00 bits per heavy atom. The van der Waals surface area contributed by atoms with Crippen molar-refractivity contribution in [2.24, 2.45) is 16.5 Å². The first kappa shape index (κ1) is 16.5. The van der Waals surface area contributed by atoms with Gasteiger partial charge in [-0.15, -0.1) is 11.3 Å². The van der Waals surface area contributed by atoms with Gasteiger partial charge in [-0.1, -0.05) is 12.1 Å². The number of nitrogens with zero attached hydrogens (tertiary/aromatic N) is 1.